The van der Waals surface area contributed by atoms with Gasteiger partial charge in [-0.05, 0) is 25.3 Å². The number of hydrogen-bond donors (Lipinski definition) is 2. The molecule has 2 aromatic rings. The molecule has 128 valence electrons. The monoisotopic (exact) mass is 339 g/mol. The second-order valence-corrected chi connectivity index (χ2v) is 6.67. The molecule has 3 aliphatic rings. The maximum atomic E-state index is 11.8. The minimum Gasteiger partial charge on any atom is -0.351 e. The van der Waals surface area contributed by atoms with Gasteiger partial charge in [0.15, 0.2) is 5.65 Å². The molecule has 0 atom stereocenters. The van der Waals surface area contributed by atoms with E-state index in [0.29, 0.717) is 34.7 Å². The topological polar surface area (TPSA) is 105 Å². The summed E-state index contributed by atoms with van der Waals surface area (Å²) in [4.78, 5) is 34.6. The van der Waals surface area contributed by atoms with Gasteiger partial charge in [0.1, 0.15) is 0 Å². The zero-order valence-electron chi connectivity index (χ0n) is 13.5. The molecule has 25 heavy (non-hydrogen) atoms. The Balaban J connectivity index is 1.60. The average molecular weight is 339 g/mol. The van der Waals surface area contributed by atoms with Crippen molar-refractivity contribution in [1.29, 1.82) is 0 Å². The summed E-state index contributed by atoms with van der Waals surface area (Å²) >= 11 is 0. The fraction of sp³-hybridized carbons (Fsp3) is 0.438. The van der Waals surface area contributed by atoms with Crippen molar-refractivity contribution in [2.24, 2.45) is 0 Å². The van der Waals surface area contributed by atoms with E-state index in [1.54, 1.807) is 16.8 Å². The molecule has 2 saturated heterocycles. The summed E-state index contributed by atoms with van der Waals surface area (Å²) in [5, 5.41) is 10.1. The van der Waals surface area contributed by atoms with Gasteiger partial charge in [-0.25, -0.2) is 0 Å². The highest BCUT2D eigenvalue weighted by Gasteiger charge is 2.27. The van der Waals surface area contributed by atoms with E-state index in [1.807, 2.05) is 0 Å². The van der Waals surface area contributed by atoms with Crippen LogP contribution in [0.4, 0.5) is 11.9 Å². The maximum absolute atomic E-state index is 11.8. The van der Waals surface area contributed by atoms with Crippen LogP contribution in [-0.2, 0) is 9.59 Å². The normalized spacial score (nSPS) is 21.8. The van der Waals surface area contributed by atoms with Crippen LogP contribution in [0.3, 0.4) is 0 Å². The molecule has 9 heteroatoms. The van der Waals surface area contributed by atoms with Crippen LogP contribution in [0, 0.1) is 0 Å². The van der Waals surface area contributed by atoms with Gasteiger partial charge in [-0.3, -0.25) is 14.9 Å². The van der Waals surface area contributed by atoms with Gasteiger partial charge in [-0.15, -0.1) is 0 Å². The van der Waals surface area contributed by atoms with Crippen LogP contribution in [0.1, 0.15) is 31.2 Å². The number of fused-ring (bicyclic) bond motifs is 1. The zero-order valence-corrected chi connectivity index (χ0v) is 13.5. The highest BCUT2D eigenvalue weighted by molar-refractivity contribution is 6.15. The molecule has 1 saturated carbocycles. The zero-order chi connectivity index (χ0) is 17.0. The minimum absolute atomic E-state index is 0.0907. The Morgan fingerprint density at radius 2 is 2.08 bits per heavy atom. The van der Waals surface area contributed by atoms with E-state index in [2.05, 4.69) is 30.6 Å². The van der Waals surface area contributed by atoms with Crippen LogP contribution in [0.5, 0.6) is 0 Å². The van der Waals surface area contributed by atoms with E-state index in [4.69, 9.17) is 0 Å². The SMILES string of the molecule is O=C1C/C(=C\c2cnn3c(NC4CC4)nc(N4CCC4)nc23)C(=O)N1. The Kier molecular flexibility index (Phi) is 3.03. The lowest BCUT2D eigenvalue weighted by Crippen LogP contribution is -2.38. The van der Waals surface area contributed by atoms with Crippen LogP contribution in [0.25, 0.3) is 11.7 Å². The van der Waals surface area contributed by atoms with E-state index in [-0.39, 0.29) is 18.2 Å². The first-order valence-electron chi connectivity index (χ1n) is 8.49. The first-order valence-corrected chi connectivity index (χ1v) is 8.49. The predicted octanol–water partition coefficient (Wildman–Crippen LogP) is 0.339. The molecule has 9 nitrogen and oxygen atoms in total. The molecule has 0 bridgehead atoms. The molecule has 0 spiro atoms. The van der Waals surface area contributed by atoms with Crippen molar-refractivity contribution in [3.8, 4) is 0 Å². The molecule has 4 heterocycles. The fourth-order valence-electron chi connectivity index (χ4n) is 2.96. The van der Waals surface area contributed by atoms with Gasteiger partial charge in [0.05, 0.1) is 12.6 Å². The Morgan fingerprint density at radius 1 is 1.24 bits per heavy atom. The van der Waals surface area contributed by atoms with Gasteiger partial charge in [-0.1, -0.05) is 0 Å². The van der Waals surface area contributed by atoms with Gasteiger partial charge < -0.3 is 10.2 Å². The number of nitrogens with one attached hydrogen (secondary N) is 2. The number of aromatic nitrogens is 4. The molecule has 0 radical (unpaired) electrons. The Morgan fingerprint density at radius 3 is 2.72 bits per heavy atom. The molecule has 2 aliphatic heterocycles. The first-order chi connectivity index (χ1) is 12.2. The summed E-state index contributed by atoms with van der Waals surface area (Å²) in [5.74, 6) is 0.720. The van der Waals surface area contributed by atoms with E-state index in [9.17, 15) is 9.59 Å². The van der Waals surface area contributed by atoms with Gasteiger partial charge in [0.2, 0.25) is 17.8 Å². The molecule has 0 unspecified atom stereocenters. The second kappa shape index (κ2) is 5.27. The molecule has 2 amide bonds. The van der Waals surface area contributed by atoms with Crippen LogP contribution in [0.15, 0.2) is 11.8 Å². The van der Waals surface area contributed by atoms with Crippen LogP contribution in [0.2, 0.25) is 0 Å². The van der Waals surface area contributed by atoms with Gasteiger partial charge in [0.25, 0.3) is 5.91 Å². The number of imide groups is 1. The Hall–Kier alpha value is -2.97. The average Bonchev–Trinajstić information content (AvgIpc) is 3.15. The summed E-state index contributed by atoms with van der Waals surface area (Å²) in [6, 6.07) is 0.437. The highest BCUT2D eigenvalue weighted by atomic mass is 16.2. The van der Waals surface area contributed by atoms with Crippen LogP contribution in [-0.4, -0.2) is 50.5 Å². The van der Waals surface area contributed by atoms with E-state index in [1.165, 1.54) is 0 Å². The highest BCUT2D eigenvalue weighted by Crippen LogP contribution is 2.27. The molecule has 1 aliphatic carbocycles. The smallest absolute Gasteiger partial charge is 0.254 e. The molecular weight excluding hydrogens is 322 g/mol. The van der Waals surface area contributed by atoms with Crippen molar-refractivity contribution < 1.29 is 9.59 Å². The van der Waals surface area contributed by atoms with Crippen molar-refractivity contribution in [1.82, 2.24) is 24.9 Å². The summed E-state index contributed by atoms with van der Waals surface area (Å²) in [6.45, 7) is 1.89. The van der Waals surface area contributed by atoms with Gasteiger partial charge >= 0.3 is 0 Å². The number of amides is 2. The van der Waals surface area contributed by atoms with E-state index >= 15 is 0 Å². The quantitative estimate of drug-likeness (QED) is 0.611. The lowest BCUT2D eigenvalue weighted by molar-refractivity contribution is -0.124. The van der Waals surface area contributed by atoms with E-state index < -0.39 is 0 Å². The van der Waals surface area contributed by atoms with Crippen LogP contribution >= 0.6 is 0 Å². The van der Waals surface area contributed by atoms with Gasteiger partial charge in [0, 0.05) is 30.3 Å². The number of carbonyl (C=O) groups is 2. The molecular formula is C16H17N7O2. The first kappa shape index (κ1) is 14.4. The number of carbonyl (C=O) groups excluding carboxylic acids is 2. The van der Waals surface area contributed by atoms with Crippen molar-refractivity contribution in [3.63, 3.8) is 0 Å². The number of rotatable bonds is 4. The lowest BCUT2D eigenvalue weighted by atomic mass is 10.1. The van der Waals surface area contributed by atoms with Crippen molar-refractivity contribution in [2.75, 3.05) is 23.3 Å². The summed E-state index contributed by atoms with van der Waals surface area (Å²) in [7, 11) is 0. The standard InChI is InChI=1S/C16H17N7O2/c24-12-7-9(14(25)19-12)6-10-8-17-23-13(10)20-15(22-4-1-5-22)21-16(23)18-11-2-3-11/h6,8,11H,1-5,7H2,(H,18,20,21)(H,19,24,25)/b9-6+. The number of hydrogen-bond acceptors (Lipinski definition) is 7. The van der Waals surface area contributed by atoms with Gasteiger partial charge in [-0.2, -0.15) is 19.6 Å². The van der Waals surface area contributed by atoms with Crippen LogP contribution < -0.4 is 15.5 Å². The summed E-state index contributed by atoms with van der Waals surface area (Å²) in [5.41, 5.74) is 1.78. The van der Waals surface area contributed by atoms with Crippen molar-refractivity contribution in [3.05, 3.63) is 17.3 Å². The van der Waals surface area contributed by atoms with Crippen molar-refractivity contribution in [2.45, 2.75) is 31.7 Å². The summed E-state index contributed by atoms with van der Waals surface area (Å²) in [6.07, 6.45) is 6.84. The third-order valence-electron chi connectivity index (χ3n) is 4.66. The number of nitrogens with zero attached hydrogens (tertiary/aromatic N) is 5. The minimum atomic E-state index is -0.349. The number of anilines is 2. The van der Waals surface area contributed by atoms with E-state index in [0.717, 1.165) is 32.4 Å². The maximum Gasteiger partial charge on any atom is 0.254 e. The molecule has 2 N–H and O–H groups in total. The van der Waals surface area contributed by atoms with Crippen molar-refractivity contribution >= 4 is 35.4 Å². The predicted molar refractivity (Wildman–Crippen MR) is 90.0 cm³/mol. The molecule has 5 rings (SSSR count). The summed E-state index contributed by atoms with van der Waals surface area (Å²) < 4.78 is 1.67. The second-order valence-electron chi connectivity index (χ2n) is 6.67. The Labute approximate surface area is 143 Å². The molecule has 0 aromatic carbocycles. The Bertz CT molecular complexity index is 924. The lowest BCUT2D eigenvalue weighted by Gasteiger charge is -2.31. The third-order valence-corrected chi connectivity index (χ3v) is 4.66. The third kappa shape index (κ3) is 2.51. The molecule has 2 aromatic heterocycles. The fourth-order valence-corrected chi connectivity index (χ4v) is 2.96. The molecule has 3 fully saturated rings. The largest absolute Gasteiger partial charge is 0.351 e.